The number of anilines is 2. The summed E-state index contributed by atoms with van der Waals surface area (Å²) in [6.07, 6.45) is 0. The molecule has 0 aliphatic rings. The lowest BCUT2D eigenvalue weighted by Gasteiger charge is -2.15. The van der Waals surface area contributed by atoms with Crippen molar-refractivity contribution in [1.29, 1.82) is 0 Å². The van der Waals surface area contributed by atoms with Gasteiger partial charge >= 0.3 is 0 Å². The molecule has 0 aliphatic carbocycles. The smallest absolute Gasteiger partial charge is 0.226 e. The molecule has 0 heterocycles. The van der Waals surface area contributed by atoms with E-state index in [1.54, 1.807) is 13.2 Å². The Kier molecular flexibility index (Phi) is 7.79. The molecule has 3 aromatic rings. The van der Waals surface area contributed by atoms with Crippen LogP contribution in [0, 0.1) is 5.92 Å². The molecular weight excluding hydrogens is 412 g/mol. The van der Waals surface area contributed by atoms with Crippen molar-refractivity contribution in [2.24, 2.45) is 5.92 Å². The summed E-state index contributed by atoms with van der Waals surface area (Å²) in [5.41, 5.74) is 3.65. The van der Waals surface area contributed by atoms with Crippen LogP contribution in [-0.2, 0) is 17.9 Å². The Bertz CT molecular complexity index is 1010. The Morgan fingerprint density at radius 1 is 0.968 bits per heavy atom. The van der Waals surface area contributed by atoms with Gasteiger partial charge in [-0.2, -0.15) is 0 Å². The quantitative estimate of drug-likeness (QED) is 0.421. The maximum atomic E-state index is 11.8. The summed E-state index contributed by atoms with van der Waals surface area (Å²) in [5.74, 6) is 1.16. The number of halogens is 1. The lowest BCUT2D eigenvalue weighted by Crippen LogP contribution is -2.17. The Hall–Kier alpha value is -3.18. The second kappa shape index (κ2) is 10.7. The molecule has 5 nitrogen and oxygen atoms in total. The van der Waals surface area contributed by atoms with E-state index in [1.165, 1.54) is 0 Å². The Morgan fingerprint density at radius 3 is 2.29 bits per heavy atom. The third kappa shape index (κ3) is 6.40. The number of nitrogens with one attached hydrogen (secondary N) is 2. The number of ether oxygens (including phenoxy) is 2. The number of benzene rings is 3. The second-order valence-electron chi connectivity index (χ2n) is 7.44. The van der Waals surface area contributed by atoms with Crippen LogP contribution in [0.15, 0.2) is 66.7 Å². The molecule has 1 amide bonds. The van der Waals surface area contributed by atoms with Crippen molar-refractivity contribution >= 4 is 28.9 Å². The molecule has 3 aromatic carbocycles. The largest absolute Gasteiger partial charge is 0.493 e. The monoisotopic (exact) mass is 438 g/mol. The molecule has 0 saturated carbocycles. The van der Waals surface area contributed by atoms with Crippen molar-refractivity contribution in [1.82, 2.24) is 0 Å². The normalized spacial score (nSPS) is 10.6. The van der Waals surface area contributed by atoms with Gasteiger partial charge in [0.25, 0.3) is 0 Å². The van der Waals surface area contributed by atoms with Gasteiger partial charge in [0.05, 0.1) is 7.11 Å². The second-order valence-corrected chi connectivity index (χ2v) is 7.85. The molecule has 2 N–H and O–H groups in total. The number of carbonyl (C=O) groups is 1. The average Bonchev–Trinajstić information content (AvgIpc) is 2.78. The average molecular weight is 439 g/mol. The van der Waals surface area contributed by atoms with Crippen LogP contribution in [0.3, 0.4) is 0 Å². The summed E-state index contributed by atoms with van der Waals surface area (Å²) in [7, 11) is 1.61. The first kappa shape index (κ1) is 22.5. The zero-order chi connectivity index (χ0) is 22.2. The van der Waals surface area contributed by atoms with Gasteiger partial charge in [0.1, 0.15) is 6.61 Å². The zero-order valence-corrected chi connectivity index (χ0v) is 18.7. The highest BCUT2D eigenvalue weighted by Gasteiger charge is 2.11. The van der Waals surface area contributed by atoms with Crippen LogP contribution in [-0.4, -0.2) is 13.0 Å². The molecule has 0 aliphatic heterocycles. The molecule has 3 rings (SSSR count). The van der Waals surface area contributed by atoms with E-state index in [-0.39, 0.29) is 11.8 Å². The summed E-state index contributed by atoms with van der Waals surface area (Å²) >= 11 is 6.50. The Labute approximate surface area is 188 Å². The van der Waals surface area contributed by atoms with Crippen LogP contribution >= 0.6 is 11.6 Å². The molecule has 6 heteroatoms. The van der Waals surface area contributed by atoms with Crippen LogP contribution in [0.5, 0.6) is 11.5 Å². The van der Waals surface area contributed by atoms with Crippen molar-refractivity contribution in [3.8, 4) is 11.5 Å². The molecule has 0 aromatic heterocycles. The van der Waals surface area contributed by atoms with E-state index in [9.17, 15) is 4.79 Å². The molecule has 0 radical (unpaired) electrons. The van der Waals surface area contributed by atoms with E-state index in [4.69, 9.17) is 21.1 Å². The summed E-state index contributed by atoms with van der Waals surface area (Å²) < 4.78 is 11.4. The highest BCUT2D eigenvalue weighted by Crippen LogP contribution is 2.34. The minimum Gasteiger partial charge on any atom is -0.493 e. The van der Waals surface area contributed by atoms with E-state index >= 15 is 0 Å². The predicted molar refractivity (Wildman–Crippen MR) is 126 cm³/mol. The first-order chi connectivity index (χ1) is 15.0. The lowest BCUT2D eigenvalue weighted by molar-refractivity contribution is -0.118. The predicted octanol–water partition coefficient (Wildman–Crippen LogP) is 6.13. The van der Waals surface area contributed by atoms with Gasteiger partial charge in [0.15, 0.2) is 11.5 Å². The van der Waals surface area contributed by atoms with Gasteiger partial charge < -0.3 is 20.1 Å². The number of hydrogen-bond donors (Lipinski definition) is 2. The molecule has 0 saturated heterocycles. The number of rotatable bonds is 9. The molecule has 162 valence electrons. The highest BCUT2D eigenvalue weighted by atomic mass is 35.5. The molecular formula is C25H27ClN2O3. The van der Waals surface area contributed by atoms with Gasteiger partial charge in [-0.15, -0.1) is 0 Å². The topological polar surface area (TPSA) is 59.6 Å². The van der Waals surface area contributed by atoms with Crippen molar-refractivity contribution in [2.75, 3.05) is 17.7 Å². The third-order valence-corrected chi connectivity index (χ3v) is 5.08. The Balaban J connectivity index is 1.63. The highest BCUT2D eigenvalue weighted by molar-refractivity contribution is 6.31. The molecule has 0 fully saturated rings. The van der Waals surface area contributed by atoms with E-state index in [2.05, 4.69) is 10.6 Å². The molecule has 0 unspecified atom stereocenters. The SMILES string of the molecule is COc1cc(CNc2ccc(NC(=O)C(C)C)cc2)c(Cl)cc1OCc1ccccc1. The zero-order valence-electron chi connectivity index (χ0n) is 17.9. The van der Waals surface area contributed by atoms with E-state index < -0.39 is 0 Å². The maximum absolute atomic E-state index is 11.8. The van der Waals surface area contributed by atoms with Crippen LogP contribution in [0.2, 0.25) is 5.02 Å². The summed E-state index contributed by atoms with van der Waals surface area (Å²) in [6, 6.07) is 21.2. The van der Waals surface area contributed by atoms with Gasteiger partial charge in [0.2, 0.25) is 5.91 Å². The standard InChI is InChI=1S/C25H27ClN2O3/c1-17(2)25(29)28-21-11-9-20(10-12-21)27-15-19-13-23(30-3)24(14-22(19)26)31-16-18-7-5-4-6-8-18/h4-14,17,27H,15-16H2,1-3H3,(H,28,29). The van der Waals surface area contributed by atoms with Crippen molar-refractivity contribution in [3.63, 3.8) is 0 Å². The minimum atomic E-state index is -0.0606. The first-order valence-electron chi connectivity index (χ1n) is 10.1. The first-order valence-corrected chi connectivity index (χ1v) is 10.5. The molecule has 31 heavy (non-hydrogen) atoms. The molecule has 0 atom stereocenters. The lowest BCUT2D eigenvalue weighted by atomic mass is 10.1. The summed E-state index contributed by atoms with van der Waals surface area (Å²) in [5, 5.41) is 6.81. The summed E-state index contributed by atoms with van der Waals surface area (Å²) in [4.78, 5) is 11.8. The number of methoxy groups -OCH3 is 1. The van der Waals surface area contributed by atoms with Gasteiger partial charge in [0, 0.05) is 34.9 Å². The Morgan fingerprint density at radius 2 is 1.65 bits per heavy atom. The van der Waals surface area contributed by atoms with E-state index in [1.807, 2.05) is 74.5 Å². The van der Waals surface area contributed by atoms with Crippen LogP contribution < -0.4 is 20.1 Å². The van der Waals surface area contributed by atoms with Crippen molar-refractivity contribution < 1.29 is 14.3 Å². The van der Waals surface area contributed by atoms with Crippen LogP contribution in [0.25, 0.3) is 0 Å². The molecule has 0 spiro atoms. The fourth-order valence-electron chi connectivity index (χ4n) is 2.88. The van der Waals surface area contributed by atoms with Gasteiger partial charge in [-0.3, -0.25) is 4.79 Å². The van der Waals surface area contributed by atoms with Gasteiger partial charge in [-0.25, -0.2) is 0 Å². The fraction of sp³-hybridized carbons (Fsp3) is 0.240. The van der Waals surface area contributed by atoms with Crippen molar-refractivity contribution in [3.05, 3.63) is 82.9 Å². The summed E-state index contributed by atoms with van der Waals surface area (Å²) in [6.45, 7) is 4.68. The fourth-order valence-corrected chi connectivity index (χ4v) is 3.10. The van der Waals surface area contributed by atoms with Crippen molar-refractivity contribution in [2.45, 2.75) is 27.0 Å². The van der Waals surface area contributed by atoms with Gasteiger partial charge in [-0.1, -0.05) is 55.8 Å². The van der Waals surface area contributed by atoms with E-state index in [0.717, 1.165) is 22.5 Å². The van der Waals surface area contributed by atoms with Crippen LogP contribution in [0.1, 0.15) is 25.0 Å². The number of amides is 1. The number of hydrogen-bond acceptors (Lipinski definition) is 4. The third-order valence-electron chi connectivity index (χ3n) is 4.73. The van der Waals surface area contributed by atoms with Gasteiger partial charge in [-0.05, 0) is 41.5 Å². The minimum absolute atomic E-state index is 0.00541. The number of carbonyl (C=O) groups excluding carboxylic acids is 1. The van der Waals surface area contributed by atoms with Crippen LogP contribution in [0.4, 0.5) is 11.4 Å². The van der Waals surface area contributed by atoms with E-state index in [0.29, 0.717) is 29.7 Å². The maximum Gasteiger partial charge on any atom is 0.226 e. The molecule has 0 bridgehead atoms.